The van der Waals surface area contributed by atoms with E-state index in [9.17, 15) is 0 Å². The Labute approximate surface area is 154 Å². The van der Waals surface area contributed by atoms with E-state index in [1.807, 2.05) is 65.5 Å². The third kappa shape index (κ3) is 4.43. The van der Waals surface area contributed by atoms with Gasteiger partial charge >= 0.3 is 0 Å². The summed E-state index contributed by atoms with van der Waals surface area (Å²) in [6.45, 7) is 1.62. The predicted molar refractivity (Wildman–Crippen MR) is 104 cm³/mol. The van der Waals surface area contributed by atoms with Gasteiger partial charge in [0.05, 0.1) is 25.0 Å². The average molecular weight is 351 g/mol. The van der Waals surface area contributed by atoms with E-state index >= 15 is 0 Å². The number of nitrogens with zero attached hydrogens (tertiary/aromatic N) is 3. The van der Waals surface area contributed by atoms with Gasteiger partial charge in [0.1, 0.15) is 5.75 Å². The van der Waals surface area contributed by atoms with Gasteiger partial charge in [-0.1, -0.05) is 30.3 Å². The van der Waals surface area contributed by atoms with Crippen molar-refractivity contribution in [2.45, 2.75) is 6.42 Å². The molecule has 0 aliphatic heterocycles. The molecule has 5 nitrogen and oxygen atoms in total. The number of hydrogen-bond acceptors (Lipinski definition) is 4. The van der Waals surface area contributed by atoms with Gasteiger partial charge in [-0.2, -0.15) is 0 Å². The minimum Gasteiger partial charge on any atom is -0.497 e. The molecule has 26 heavy (non-hydrogen) atoms. The molecule has 0 N–H and O–H groups in total. The van der Waals surface area contributed by atoms with Crippen LogP contribution in [-0.2, 0) is 0 Å². The molecule has 0 fully saturated rings. The van der Waals surface area contributed by atoms with Gasteiger partial charge in [0.15, 0.2) is 0 Å². The third-order valence-corrected chi connectivity index (χ3v) is 4.09. The molecule has 5 heteroatoms. The minimum atomic E-state index is 0.632. The first-order valence-electron chi connectivity index (χ1n) is 8.74. The second-order valence-electron chi connectivity index (χ2n) is 6.36. The number of ether oxygens (including phenoxy) is 2. The summed E-state index contributed by atoms with van der Waals surface area (Å²) in [5.74, 6) is 1.48. The summed E-state index contributed by atoms with van der Waals surface area (Å²) in [4.78, 5) is 2.15. The van der Waals surface area contributed by atoms with Gasteiger partial charge in [-0.05, 0) is 50.3 Å². The molecule has 0 amide bonds. The molecule has 0 atom stereocenters. The van der Waals surface area contributed by atoms with E-state index in [1.165, 1.54) is 0 Å². The zero-order valence-electron chi connectivity index (χ0n) is 15.6. The lowest BCUT2D eigenvalue weighted by atomic mass is 10.1. The van der Waals surface area contributed by atoms with Crippen LogP contribution in [0.15, 0.2) is 60.8 Å². The Balaban J connectivity index is 1.87. The van der Waals surface area contributed by atoms with Crippen molar-refractivity contribution >= 4 is 0 Å². The molecular formula is C21H25N3O2. The summed E-state index contributed by atoms with van der Waals surface area (Å²) in [7, 11) is 5.79. The molecule has 0 saturated heterocycles. The Hall–Kier alpha value is -2.79. The summed E-state index contributed by atoms with van der Waals surface area (Å²) in [5.41, 5.74) is 3.03. The Kier molecular flexibility index (Phi) is 5.92. The highest BCUT2D eigenvalue weighted by atomic mass is 16.5. The fourth-order valence-electron chi connectivity index (χ4n) is 2.70. The van der Waals surface area contributed by atoms with E-state index < -0.39 is 0 Å². The Morgan fingerprint density at radius 2 is 1.73 bits per heavy atom. The van der Waals surface area contributed by atoms with Crippen LogP contribution in [0.5, 0.6) is 11.6 Å². The molecule has 3 rings (SSSR count). The Morgan fingerprint density at radius 1 is 1.00 bits per heavy atom. The van der Waals surface area contributed by atoms with E-state index in [4.69, 9.17) is 9.47 Å². The number of methoxy groups -OCH3 is 1. The first-order valence-corrected chi connectivity index (χ1v) is 8.74. The van der Waals surface area contributed by atoms with Gasteiger partial charge in [0.25, 0.3) is 0 Å². The lowest BCUT2D eigenvalue weighted by molar-refractivity contribution is 0.273. The van der Waals surface area contributed by atoms with Crippen molar-refractivity contribution in [1.82, 2.24) is 14.7 Å². The lowest BCUT2D eigenvalue weighted by Gasteiger charge is -2.10. The van der Waals surface area contributed by atoms with Gasteiger partial charge < -0.3 is 14.4 Å². The third-order valence-electron chi connectivity index (χ3n) is 4.09. The highest BCUT2D eigenvalue weighted by Crippen LogP contribution is 2.31. The maximum Gasteiger partial charge on any atom is 0.241 e. The normalized spacial score (nSPS) is 10.9. The van der Waals surface area contributed by atoms with Crippen molar-refractivity contribution in [3.63, 3.8) is 0 Å². The second kappa shape index (κ2) is 8.54. The number of rotatable bonds is 8. The Morgan fingerprint density at radius 3 is 2.38 bits per heavy atom. The predicted octanol–water partition coefficient (Wildman–Crippen LogP) is 3.88. The minimum absolute atomic E-state index is 0.632. The molecule has 3 aromatic rings. The monoisotopic (exact) mass is 351 g/mol. The molecule has 2 aromatic carbocycles. The summed E-state index contributed by atoms with van der Waals surface area (Å²) >= 11 is 0. The van der Waals surface area contributed by atoms with Crippen molar-refractivity contribution in [3.05, 3.63) is 60.8 Å². The molecule has 1 heterocycles. The van der Waals surface area contributed by atoms with Crippen molar-refractivity contribution in [3.8, 4) is 28.4 Å². The summed E-state index contributed by atoms with van der Waals surface area (Å²) < 4.78 is 13.1. The topological polar surface area (TPSA) is 39.5 Å². The van der Waals surface area contributed by atoms with E-state index in [0.29, 0.717) is 12.5 Å². The van der Waals surface area contributed by atoms with Crippen molar-refractivity contribution < 1.29 is 9.47 Å². The van der Waals surface area contributed by atoms with Crippen LogP contribution in [0.4, 0.5) is 0 Å². The second-order valence-corrected chi connectivity index (χ2v) is 6.36. The SMILES string of the molecule is COc1ccc(-c2cn(-c3ccccc3)nc2OCCCN(C)C)cc1. The van der Waals surface area contributed by atoms with E-state index in [1.54, 1.807) is 7.11 Å². The van der Waals surface area contributed by atoms with Crippen LogP contribution >= 0.6 is 0 Å². The van der Waals surface area contributed by atoms with Gasteiger partial charge in [-0.3, -0.25) is 0 Å². The average Bonchev–Trinajstić information content (AvgIpc) is 3.10. The number of benzene rings is 2. The van der Waals surface area contributed by atoms with Crippen LogP contribution in [0.2, 0.25) is 0 Å². The molecule has 0 aliphatic carbocycles. The van der Waals surface area contributed by atoms with Gasteiger partial charge in [0, 0.05) is 12.7 Å². The van der Waals surface area contributed by atoms with Crippen molar-refractivity contribution in [1.29, 1.82) is 0 Å². The molecule has 0 radical (unpaired) electrons. The van der Waals surface area contributed by atoms with Gasteiger partial charge in [0.2, 0.25) is 5.88 Å². The van der Waals surface area contributed by atoms with E-state index in [0.717, 1.165) is 35.5 Å². The Bertz CT molecular complexity index is 811. The summed E-state index contributed by atoms with van der Waals surface area (Å²) in [6, 6.07) is 18.0. The molecular weight excluding hydrogens is 326 g/mol. The number of aromatic nitrogens is 2. The maximum atomic E-state index is 6.01. The van der Waals surface area contributed by atoms with Crippen molar-refractivity contribution in [2.24, 2.45) is 0 Å². The number of hydrogen-bond donors (Lipinski definition) is 0. The van der Waals surface area contributed by atoms with Crippen molar-refractivity contribution in [2.75, 3.05) is 34.4 Å². The fraction of sp³-hybridized carbons (Fsp3) is 0.286. The standard InChI is InChI=1S/C21H25N3O2/c1-23(2)14-7-15-26-21-20(17-10-12-19(25-3)13-11-17)16-24(22-21)18-8-5-4-6-9-18/h4-6,8-13,16H,7,14-15H2,1-3H3. The molecule has 0 unspecified atom stereocenters. The van der Waals surface area contributed by atoms with Gasteiger partial charge in [-0.25, -0.2) is 4.68 Å². The molecule has 136 valence electrons. The van der Waals surface area contributed by atoms with Crippen LogP contribution in [0.25, 0.3) is 16.8 Å². The fourth-order valence-corrected chi connectivity index (χ4v) is 2.70. The van der Waals surface area contributed by atoms with Crippen LogP contribution in [0.1, 0.15) is 6.42 Å². The molecule has 0 saturated carbocycles. The highest BCUT2D eigenvalue weighted by Gasteiger charge is 2.14. The van der Waals surface area contributed by atoms with Crippen LogP contribution in [0, 0.1) is 0 Å². The lowest BCUT2D eigenvalue weighted by Crippen LogP contribution is -2.15. The molecule has 1 aromatic heterocycles. The maximum absolute atomic E-state index is 6.01. The zero-order chi connectivity index (χ0) is 18.4. The highest BCUT2D eigenvalue weighted by molar-refractivity contribution is 5.69. The largest absolute Gasteiger partial charge is 0.497 e. The summed E-state index contributed by atoms with van der Waals surface area (Å²) in [5, 5.41) is 4.67. The molecule has 0 spiro atoms. The summed E-state index contributed by atoms with van der Waals surface area (Å²) in [6.07, 6.45) is 2.96. The quantitative estimate of drug-likeness (QED) is 0.578. The molecule has 0 aliphatic rings. The van der Waals surface area contributed by atoms with Crippen LogP contribution in [-0.4, -0.2) is 49.0 Å². The van der Waals surface area contributed by atoms with Gasteiger partial charge in [-0.15, -0.1) is 5.10 Å². The van der Waals surface area contributed by atoms with E-state index in [2.05, 4.69) is 24.1 Å². The van der Waals surface area contributed by atoms with Crippen LogP contribution < -0.4 is 9.47 Å². The molecule has 0 bridgehead atoms. The zero-order valence-corrected chi connectivity index (χ0v) is 15.6. The van der Waals surface area contributed by atoms with Crippen LogP contribution in [0.3, 0.4) is 0 Å². The number of para-hydroxylation sites is 1. The first-order chi connectivity index (χ1) is 12.7. The first kappa shape index (κ1) is 18.0. The van der Waals surface area contributed by atoms with E-state index in [-0.39, 0.29) is 0 Å². The smallest absolute Gasteiger partial charge is 0.241 e.